The molecule has 3 aromatic rings. The van der Waals surface area contributed by atoms with Gasteiger partial charge in [-0.2, -0.15) is 4.39 Å². The fraction of sp³-hybridized carbons (Fsp3) is 0.238. The molecule has 0 unspecified atom stereocenters. The van der Waals surface area contributed by atoms with E-state index in [0.717, 1.165) is 12.3 Å². The summed E-state index contributed by atoms with van der Waals surface area (Å²) in [4.78, 5) is 24.1. The molecule has 11 heteroatoms. The maximum atomic E-state index is 14.5. The molecule has 6 nitrogen and oxygen atoms in total. The van der Waals surface area contributed by atoms with Crippen LogP contribution in [0.3, 0.4) is 0 Å². The normalized spacial score (nSPS) is 17.7. The predicted octanol–water partition coefficient (Wildman–Crippen LogP) is 4.70. The first-order valence-corrected chi connectivity index (χ1v) is 9.47. The zero-order valence-corrected chi connectivity index (χ0v) is 16.3. The van der Waals surface area contributed by atoms with Gasteiger partial charge in [0.1, 0.15) is 24.2 Å². The third kappa shape index (κ3) is 4.42. The van der Waals surface area contributed by atoms with Crippen LogP contribution in [0.4, 0.5) is 27.6 Å². The van der Waals surface area contributed by atoms with E-state index in [1.54, 1.807) is 0 Å². The average molecular weight is 450 g/mol. The van der Waals surface area contributed by atoms with Gasteiger partial charge in [-0.3, -0.25) is 14.8 Å². The Morgan fingerprint density at radius 2 is 1.91 bits per heavy atom. The number of alkyl halides is 2. The standard InChI is InChI=1S/C21H15F5N4O2/c22-13-2-1-6-27-16(13)12-4-7-28-18(15-3-5-21(25,26)10-32-15)17(12)30-20(31)11-8-14(23)19(24)29-9-11/h1-2,4,6-9,15H,3,5,10H2,(H,30,31)/t15-/m1/s1. The van der Waals surface area contributed by atoms with Crippen molar-refractivity contribution in [2.75, 3.05) is 11.9 Å². The highest BCUT2D eigenvalue weighted by Gasteiger charge is 2.38. The van der Waals surface area contributed by atoms with Crippen molar-refractivity contribution >= 4 is 11.6 Å². The lowest BCUT2D eigenvalue weighted by Crippen LogP contribution is -2.31. The number of aromatic nitrogens is 3. The molecule has 1 atom stereocenters. The minimum Gasteiger partial charge on any atom is -0.366 e. The Hall–Kier alpha value is -3.47. The molecule has 0 bridgehead atoms. The van der Waals surface area contributed by atoms with E-state index < -0.39 is 48.5 Å². The van der Waals surface area contributed by atoms with Gasteiger partial charge in [-0.25, -0.2) is 22.5 Å². The summed E-state index contributed by atoms with van der Waals surface area (Å²) in [5, 5.41) is 2.48. The quantitative estimate of drug-likeness (QED) is 0.461. The number of anilines is 1. The van der Waals surface area contributed by atoms with Crippen LogP contribution < -0.4 is 5.32 Å². The number of halogens is 5. The van der Waals surface area contributed by atoms with Crippen molar-refractivity contribution in [3.63, 3.8) is 0 Å². The first-order chi connectivity index (χ1) is 15.2. The number of pyridine rings is 3. The molecule has 32 heavy (non-hydrogen) atoms. The second-order valence-electron chi connectivity index (χ2n) is 7.10. The van der Waals surface area contributed by atoms with Crippen molar-refractivity contribution in [3.05, 3.63) is 71.7 Å². The van der Waals surface area contributed by atoms with Crippen molar-refractivity contribution in [1.29, 1.82) is 0 Å². The number of carbonyl (C=O) groups excluding carboxylic acids is 1. The van der Waals surface area contributed by atoms with E-state index in [9.17, 15) is 26.7 Å². The molecular formula is C21H15F5N4O2. The Labute approximate surface area is 178 Å². The molecule has 0 aliphatic carbocycles. The first kappa shape index (κ1) is 21.8. The SMILES string of the molecule is O=C(Nc1c(-c2ncccc2F)ccnc1[C@H]1CCC(F)(F)CO1)c1cnc(F)c(F)c1. The zero-order chi connectivity index (χ0) is 22.9. The van der Waals surface area contributed by atoms with Crippen LogP contribution in [0.2, 0.25) is 0 Å². The minimum atomic E-state index is -3.00. The summed E-state index contributed by atoms with van der Waals surface area (Å²) in [6.45, 7) is -0.845. The molecule has 1 N–H and O–H groups in total. The van der Waals surface area contributed by atoms with Gasteiger partial charge in [-0.15, -0.1) is 0 Å². The van der Waals surface area contributed by atoms with Gasteiger partial charge in [-0.05, 0) is 30.7 Å². The third-order valence-electron chi connectivity index (χ3n) is 4.86. The molecule has 0 aromatic carbocycles. The predicted molar refractivity (Wildman–Crippen MR) is 102 cm³/mol. The molecule has 166 valence electrons. The van der Waals surface area contributed by atoms with Crippen molar-refractivity contribution in [3.8, 4) is 11.3 Å². The summed E-state index contributed by atoms with van der Waals surface area (Å²) in [6.07, 6.45) is 1.97. The van der Waals surface area contributed by atoms with E-state index >= 15 is 0 Å². The van der Waals surface area contributed by atoms with E-state index in [1.807, 2.05) is 0 Å². The molecule has 4 heterocycles. The second kappa shape index (κ2) is 8.58. The third-order valence-corrected chi connectivity index (χ3v) is 4.86. The number of hydrogen-bond acceptors (Lipinski definition) is 5. The van der Waals surface area contributed by atoms with Crippen LogP contribution in [0.5, 0.6) is 0 Å². The van der Waals surface area contributed by atoms with Gasteiger partial charge < -0.3 is 10.1 Å². The largest absolute Gasteiger partial charge is 0.366 e. The number of amides is 1. The lowest BCUT2D eigenvalue weighted by molar-refractivity contribution is -0.146. The summed E-state index contributed by atoms with van der Waals surface area (Å²) in [6, 6.07) is 4.56. The van der Waals surface area contributed by atoms with Crippen molar-refractivity contribution < 1.29 is 31.5 Å². The second-order valence-corrected chi connectivity index (χ2v) is 7.10. The molecule has 4 rings (SSSR count). The Balaban J connectivity index is 1.77. The molecule has 1 aliphatic heterocycles. The van der Waals surface area contributed by atoms with Crippen LogP contribution in [0.25, 0.3) is 11.3 Å². The highest BCUT2D eigenvalue weighted by Crippen LogP contribution is 2.40. The van der Waals surface area contributed by atoms with Crippen LogP contribution in [0.1, 0.15) is 35.0 Å². The summed E-state index contributed by atoms with van der Waals surface area (Å²) < 4.78 is 73.5. The maximum absolute atomic E-state index is 14.5. The van der Waals surface area contributed by atoms with Crippen molar-refractivity contribution in [2.24, 2.45) is 0 Å². The molecule has 0 radical (unpaired) electrons. The van der Waals surface area contributed by atoms with E-state index in [4.69, 9.17) is 4.74 Å². The molecule has 0 spiro atoms. The first-order valence-electron chi connectivity index (χ1n) is 9.47. The van der Waals surface area contributed by atoms with Crippen LogP contribution in [-0.2, 0) is 4.74 Å². The zero-order valence-electron chi connectivity index (χ0n) is 16.3. The molecule has 1 fully saturated rings. The van der Waals surface area contributed by atoms with E-state index in [0.29, 0.717) is 6.07 Å². The van der Waals surface area contributed by atoms with Gasteiger partial charge in [-0.1, -0.05) is 0 Å². The highest BCUT2D eigenvalue weighted by atomic mass is 19.3. The van der Waals surface area contributed by atoms with Gasteiger partial charge in [0.25, 0.3) is 11.8 Å². The molecule has 3 aromatic heterocycles. The number of ether oxygens (including phenoxy) is 1. The number of hydrogen-bond donors (Lipinski definition) is 1. The maximum Gasteiger partial charge on any atom is 0.271 e. The van der Waals surface area contributed by atoms with Gasteiger partial charge in [0.2, 0.25) is 5.95 Å². The van der Waals surface area contributed by atoms with E-state index in [1.165, 1.54) is 24.5 Å². The van der Waals surface area contributed by atoms with Gasteiger partial charge >= 0.3 is 0 Å². The lowest BCUT2D eigenvalue weighted by atomic mass is 9.99. The fourth-order valence-corrected chi connectivity index (χ4v) is 3.30. The number of rotatable bonds is 4. The van der Waals surface area contributed by atoms with E-state index in [-0.39, 0.29) is 34.6 Å². The topological polar surface area (TPSA) is 77.0 Å². The van der Waals surface area contributed by atoms with Crippen LogP contribution >= 0.6 is 0 Å². The van der Waals surface area contributed by atoms with Crippen LogP contribution in [0, 0.1) is 17.6 Å². The van der Waals surface area contributed by atoms with Crippen molar-refractivity contribution in [1.82, 2.24) is 15.0 Å². The molecular weight excluding hydrogens is 435 g/mol. The van der Waals surface area contributed by atoms with E-state index in [2.05, 4.69) is 20.3 Å². The van der Waals surface area contributed by atoms with Gasteiger partial charge in [0, 0.05) is 30.6 Å². The van der Waals surface area contributed by atoms with Crippen LogP contribution in [0.15, 0.2) is 42.9 Å². The summed E-state index contributed by atoms with van der Waals surface area (Å²) in [7, 11) is 0. The molecule has 1 aliphatic rings. The summed E-state index contributed by atoms with van der Waals surface area (Å²) >= 11 is 0. The fourth-order valence-electron chi connectivity index (χ4n) is 3.30. The molecule has 1 saturated heterocycles. The monoisotopic (exact) mass is 450 g/mol. The Bertz CT molecular complexity index is 1160. The van der Waals surface area contributed by atoms with Crippen molar-refractivity contribution in [2.45, 2.75) is 24.9 Å². The Kier molecular flexibility index (Phi) is 5.83. The minimum absolute atomic E-state index is 0.0463. The average Bonchev–Trinajstić information content (AvgIpc) is 2.76. The summed E-state index contributed by atoms with van der Waals surface area (Å²) in [5.74, 6) is -7.31. The summed E-state index contributed by atoms with van der Waals surface area (Å²) in [5.41, 5.74) is -0.307. The number of nitrogens with one attached hydrogen (secondary N) is 1. The molecule has 1 amide bonds. The molecule has 0 saturated carbocycles. The smallest absolute Gasteiger partial charge is 0.271 e. The van der Waals surface area contributed by atoms with Crippen LogP contribution in [-0.4, -0.2) is 33.4 Å². The Morgan fingerprint density at radius 1 is 1.09 bits per heavy atom. The Morgan fingerprint density at radius 3 is 2.59 bits per heavy atom. The highest BCUT2D eigenvalue weighted by molar-refractivity contribution is 6.06. The lowest BCUT2D eigenvalue weighted by Gasteiger charge is -2.30. The number of nitrogens with zero attached hydrogens (tertiary/aromatic N) is 3. The van der Waals surface area contributed by atoms with Gasteiger partial charge in [0.05, 0.1) is 16.9 Å². The van der Waals surface area contributed by atoms with Gasteiger partial charge in [0.15, 0.2) is 5.82 Å². The number of carbonyl (C=O) groups is 1.